The molecule has 0 fully saturated rings. The van der Waals surface area contributed by atoms with Crippen LogP contribution in [0.3, 0.4) is 0 Å². The maximum atomic E-state index is 11.7. The maximum Gasteiger partial charge on any atom is 0.0486 e. The molecule has 0 saturated carbocycles. The number of benzene rings is 1. The summed E-state index contributed by atoms with van der Waals surface area (Å²) in [6, 6.07) is 7.49. The van der Waals surface area contributed by atoms with Gasteiger partial charge in [0.05, 0.1) is 0 Å². The van der Waals surface area contributed by atoms with Gasteiger partial charge in [-0.25, -0.2) is 0 Å². The van der Waals surface area contributed by atoms with E-state index in [9.17, 15) is 4.21 Å². The molecule has 0 heterocycles. The molecule has 0 aromatic heterocycles. The molecule has 0 saturated heterocycles. The van der Waals surface area contributed by atoms with Crippen LogP contribution in [0.25, 0.3) is 0 Å². The Hall–Kier alpha value is -0.380. The Balaban J connectivity index is 2.51. The highest BCUT2D eigenvalue weighted by Crippen LogP contribution is 2.13. The second-order valence-corrected chi connectivity index (χ2v) is 5.66. The standard InChI is InChI=1S/C11H16ClNOS/c1-9(6-13)7-15(14)8-10-3-2-4-11(12)5-10/h2-5,9H,6-8,13H2,1H3. The molecule has 2 unspecified atom stereocenters. The maximum absolute atomic E-state index is 11.7. The van der Waals surface area contributed by atoms with Gasteiger partial charge in [0.15, 0.2) is 0 Å². The molecule has 2 N–H and O–H groups in total. The van der Waals surface area contributed by atoms with Crippen molar-refractivity contribution in [2.24, 2.45) is 11.7 Å². The SMILES string of the molecule is CC(CN)CS(=O)Cc1cccc(Cl)c1. The van der Waals surface area contributed by atoms with Gasteiger partial charge >= 0.3 is 0 Å². The van der Waals surface area contributed by atoms with Crippen LogP contribution in [0.4, 0.5) is 0 Å². The molecule has 0 aliphatic carbocycles. The topological polar surface area (TPSA) is 43.1 Å². The quantitative estimate of drug-likeness (QED) is 0.864. The monoisotopic (exact) mass is 245 g/mol. The number of hydrogen-bond acceptors (Lipinski definition) is 2. The van der Waals surface area contributed by atoms with E-state index in [2.05, 4.69) is 0 Å². The molecular formula is C11H16ClNOS. The van der Waals surface area contributed by atoms with Crippen LogP contribution in [-0.2, 0) is 16.6 Å². The van der Waals surface area contributed by atoms with E-state index in [0.29, 0.717) is 29.0 Å². The predicted octanol–water partition coefficient (Wildman–Crippen LogP) is 2.18. The van der Waals surface area contributed by atoms with Gasteiger partial charge in [0.1, 0.15) is 0 Å². The number of hydrogen-bond donors (Lipinski definition) is 1. The van der Waals surface area contributed by atoms with Crippen molar-refractivity contribution in [3.63, 3.8) is 0 Å². The third kappa shape index (κ3) is 4.78. The van der Waals surface area contributed by atoms with Crippen LogP contribution in [0.5, 0.6) is 0 Å². The van der Waals surface area contributed by atoms with Gasteiger partial charge in [0, 0.05) is 27.3 Å². The van der Waals surface area contributed by atoms with Crippen LogP contribution in [0, 0.1) is 5.92 Å². The Labute approximate surface area is 98.3 Å². The fraction of sp³-hybridized carbons (Fsp3) is 0.455. The summed E-state index contributed by atoms with van der Waals surface area (Å²) in [6.45, 7) is 2.59. The van der Waals surface area contributed by atoms with E-state index in [-0.39, 0.29) is 0 Å². The summed E-state index contributed by atoms with van der Waals surface area (Å²) < 4.78 is 11.7. The van der Waals surface area contributed by atoms with Crippen LogP contribution in [-0.4, -0.2) is 16.5 Å². The largest absolute Gasteiger partial charge is 0.330 e. The molecule has 84 valence electrons. The van der Waals surface area contributed by atoms with Crippen LogP contribution < -0.4 is 5.73 Å². The number of nitrogens with two attached hydrogens (primary N) is 1. The summed E-state index contributed by atoms with van der Waals surface area (Å²) in [7, 11) is -0.848. The summed E-state index contributed by atoms with van der Waals surface area (Å²) in [4.78, 5) is 0. The molecule has 0 aliphatic rings. The highest BCUT2D eigenvalue weighted by molar-refractivity contribution is 7.84. The molecule has 0 radical (unpaired) electrons. The average molecular weight is 246 g/mol. The Morgan fingerprint density at radius 2 is 2.27 bits per heavy atom. The van der Waals surface area contributed by atoms with Gasteiger partial charge in [-0.2, -0.15) is 0 Å². The predicted molar refractivity (Wildman–Crippen MR) is 66.4 cm³/mol. The average Bonchev–Trinajstić information content (AvgIpc) is 2.17. The molecule has 2 atom stereocenters. The Bertz CT molecular complexity index is 343. The van der Waals surface area contributed by atoms with Gasteiger partial charge in [-0.05, 0) is 30.2 Å². The Kier molecular flexibility index (Phi) is 5.29. The van der Waals surface area contributed by atoms with Crippen molar-refractivity contribution in [3.8, 4) is 0 Å². The van der Waals surface area contributed by atoms with Crippen molar-refractivity contribution in [3.05, 3.63) is 34.9 Å². The minimum Gasteiger partial charge on any atom is -0.330 e. The van der Waals surface area contributed by atoms with Crippen molar-refractivity contribution < 1.29 is 4.21 Å². The third-order valence-corrected chi connectivity index (χ3v) is 3.92. The van der Waals surface area contributed by atoms with Crippen molar-refractivity contribution >= 4 is 22.4 Å². The van der Waals surface area contributed by atoms with E-state index in [4.69, 9.17) is 17.3 Å². The van der Waals surface area contributed by atoms with Gasteiger partial charge in [-0.1, -0.05) is 30.7 Å². The van der Waals surface area contributed by atoms with Crippen LogP contribution in [0.15, 0.2) is 24.3 Å². The number of rotatable bonds is 5. The lowest BCUT2D eigenvalue weighted by Gasteiger charge is -2.08. The van der Waals surface area contributed by atoms with Crippen molar-refractivity contribution in [2.45, 2.75) is 12.7 Å². The molecule has 0 bridgehead atoms. The van der Waals surface area contributed by atoms with E-state index >= 15 is 0 Å². The van der Waals surface area contributed by atoms with Crippen LogP contribution >= 0.6 is 11.6 Å². The molecule has 1 aromatic carbocycles. The fourth-order valence-corrected chi connectivity index (χ4v) is 2.91. The normalized spacial score (nSPS) is 14.9. The van der Waals surface area contributed by atoms with Crippen molar-refractivity contribution in [1.82, 2.24) is 0 Å². The van der Waals surface area contributed by atoms with Gasteiger partial charge in [0.2, 0.25) is 0 Å². The first-order chi connectivity index (χ1) is 7.11. The van der Waals surface area contributed by atoms with Gasteiger partial charge in [-0.3, -0.25) is 4.21 Å². The van der Waals surface area contributed by atoms with Gasteiger partial charge < -0.3 is 5.73 Å². The molecule has 0 spiro atoms. The molecule has 15 heavy (non-hydrogen) atoms. The molecule has 1 rings (SSSR count). The number of halogens is 1. The van der Waals surface area contributed by atoms with Crippen LogP contribution in [0.1, 0.15) is 12.5 Å². The van der Waals surface area contributed by atoms with Crippen molar-refractivity contribution in [2.75, 3.05) is 12.3 Å². The lowest BCUT2D eigenvalue weighted by molar-refractivity contribution is 0.640. The van der Waals surface area contributed by atoms with E-state index in [1.54, 1.807) is 0 Å². The molecular weight excluding hydrogens is 230 g/mol. The molecule has 1 aromatic rings. The van der Waals surface area contributed by atoms with E-state index in [0.717, 1.165) is 5.56 Å². The molecule has 2 nitrogen and oxygen atoms in total. The van der Waals surface area contributed by atoms with E-state index in [1.165, 1.54) is 0 Å². The first-order valence-electron chi connectivity index (χ1n) is 4.91. The smallest absolute Gasteiger partial charge is 0.0486 e. The summed E-state index contributed by atoms with van der Waals surface area (Å²) in [5.74, 6) is 1.53. The highest BCUT2D eigenvalue weighted by atomic mass is 35.5. The summed E-state index contributed by atoms with van der Waals surface area (Å²) >= 11 is 5.84. The van der Waals surface area contributed by atoms with Crippen molar-refractivity contribution in [1.29, 1.82) is 0 Å². The van der Waals surface area contributed by atoms with E-state index < -0.39 is 10.8 Å². The second kappa shape index (κ2) is 6.26. The second-order valence-electron chi connectivity index (χ2n) is 3.72. The zero-order chi connectivity index (χ0) is 11.3. The molecule has 0 amide bonds. The Morgan fingerprint density at radius 3 is 2.87 bits per heavy atom. The molecule has 0 aliphatic heterocycles. The summed E-state index contributed by atoms with van der Waals surface area (Å²) in [5.41, 5.74) is 6.50. The highest BCUT2D eigenvalue weighted by Gasteiger charge is 2.07. The zero-order valence-electron chi connectivity index (χ0n) is 8.78. The van der Waals surface area contributed by atoms with E-state index in [1.807, 2.05) is 31.2 Å². The lowest BCUT2D eigenvalue weighted by atomic mass is 10.2. The van der Waals surface area contributed by atoms with Crippen LogP contribution in [0.2, 0.25) is 5.02 Å². The third-order valence-electron chi connectivity index (χ3n) is 2.09. The zero-order valence-corrected chi connectivity index (χ0v) is 10.4. The Morgan fingerprint density at radius 1 is 1.53 bits per heavy atom. The fourth-order valence-electron chi connectivity index (χ4n) is 1.26. The minimum absolute atomic E-state index is 0.310. The molecule has 4 heteroatoms. The lowest BCUT2D eigenvalue weighted by Crippen LogP contribution is -2.18. The van der Waals surface area contributed by atoms with Gasteiger partial charge in [0.25, 0.3) is 0 Å². The summed E-state index contributed by atoms with van der Waals surface area (Å²) in [5, 5.41) is 0.691. The summed E-state index contributed by atoms with van der Waals surface area (Å²) in [6.07, 6.45) is 0. The minimum atomic E-state index is -0.848. The first-order valence-corrected chi connectivity index (χ1v) is 6.78. The van der Waals surface area contributed by atoms with Gasteiger partial charge in [-0.15, -0.1) is 0 Å². The first kappa shape index (κ1) is 12.7.